The summed E-state index contributed by atoms with van der Waals surface area (Å²) in [5, 5.41) is 21.5. The topological polar surface area (TPSA) is 40.5 Å². The number of aliphatic hydroxyl groups excluding tert-OH is 1. The van der Waals surface area contributed by atoms with Crippen molar-refractivity contribution in [2.75, 3.05) is 0 Å². The fourth-order valence-electron chi connectivity index (χ4n) is 1.42. The number of hydrogen-bond donors (Lipinski definition) is 2. The van der Waals surface area contributed by atoms with E-state index in [4.69, 9.17) is 0 Å². The van der Waals surface area contributed by atoms with Gasteiger partial charge < -0.3 is 10.2 Å². The second-order valence-corrected chi connectivity index (χ2v) is 5.93. The molecule has 1 atom stereocenters. The minimum atomic E-state index is -0.690. The lowest BCUT2D eigenvalue weighted by Gasteiger charge is -2.13. The third-order valence-corrected chi connectivity index (χ3v) is 4.39. The van der Waals surface area contributed by atoms with Gasteiger partial charge in [0.15, 0.2) is 0 Å². The van der Waals surface area contributed by atoms with Crippen LogP contribution in [0.1, 0.15) is 16.5 Å². The largest absolute Gasteiger partial charge is 0.508 e. The fraction of sp³-hybridized carbons (Fsp3) is 0.0909. The number of phenolic OH excluding ortho intramolecular Hbond substituents is 1. The van der Waals surface area contributed by atoms with E-state index >= 15 is 0 Å². The molecule has 0 fully saturated rings. The Morgan fingerprint density at radius 2 is 1.81 bits per heavy atom. The van der Waals surface area contributed by atoms with Gasteiger partial charge in [0.05, 0.1) is 0 Å². The van der Waals surface area contributed by atoms with Crippen molar-refractivity contribution in [2.45, 2.75) is 6.10 Å². The summed E-state index contributed by atoms with van der Waals surface area (Å²) in [5.41, 5.74) is 0.722. The van der Waals surface area contributed by atoms with Gasteiger partial charge in [0.25, 0.3) is 0 Å². The molecule has 0 bridgehead atoms. The Balaban J connectivity index is 2.48. The van der Waals surface area contributed by atoms with E-state index in [0.717, 1.165) is 10.4 Å². The van der Waals surface area contributed by atoms with Crippen LogP contribution in [-0.2, 0) is 0 Å². The number of aromatic hydroxyl groups is 1. The van der Waals surface area contributed by atoms with Crippen LogP contribution < -0.4 is 0 Å². The van der Waals surface area contributed by atoms with Gasteiger partial charge in [-0.2, -0.15) is 0 Å². The number of phenols is 1. The second-order valence-electron chi connectivity index (χ2n) is 3.24. The molecule has 0 radical (unpaired) electrons. The van der Waals surface area contributed by atoms with Crippen molar-refractivity contribution in [3.63, 3.8) is 0 Å². The molecule has 2 N–H and O–H groups in total. The first-order valence-electron chi connectivity index (χ1n) is 4.49. The molecule has 2 rings (SSSR count). The molecule has 1 unspecified atom stereocenters. The Bertz CT molecular complexity index is 474. The molecule has 0 aliphatic rings. The van der Waals surface area contributed by atoms with Crippen molar-refractivity contribution in [2.24, 2.45) is 0 Å². The molecule has 1 aromatic carbocycles. The molecule has 1 aromatic heterocycles. The van der Waals surface area contributed by atoms with E-state index in [1.165, 1.54) is 11.3 Å². The Kier molecular flexibility index (Phi) is 3.69. The van der Waals surface area contributed by atoms with Crippen LogP contribution in [0.25, 0.3) is 0 Å². The average molecular weight is 364 g/mol. The van der Waals surface area contributed by atoms with Gasteiger partial charge in [0, 0.05) is 19.4 Å². The average Bonchev–Trinajstić information content (AvgIpc) is 2.67. The molecule has 0 saturated carbocycles. The van der Waals surface area contributed by atoms with Crippen LogP contribution in [0.5, 0.6) is 5.75 Å². The monoisotopic (exact) mass is 362 g/mol. The van der Waals surface area contributed by atoms with E-state index in [9.17, 15) is 10.2 Å². The molecule has 1 heterocycles. The first-order valence-corrected chi connectivity index (χ1v) is 6.95. The summed E-state index contributed by atoms with van der Waals surface area (Å²) >= 11 is 8.17. The first kappa shape index (κ1) is 12.1. The Morgan fingerprint density at radius 3 is 2.31 bits per heavy atom. The van der Waals surface area contributed by atoms with Gasteiger partial charge in [-0.05, 0) is 23.6 Å². The van der Waals surface area contributed by atoms with E-state index in [1.54, 1.807) is 12.1 Å². The maximum absolute atomic E-state index is 10.2. The fourth-order valence-corrected chi connectivity index (χ4v) is 3.74. The number of aliphatic hydroxyl groups is 1. The van der Waals surface area contributed by atoms with Crippen molar-refractivity contribution in [3.8, 4) is 5.75 Å². The zero-order chi connectivity index (χ0) is 11.7. The van der Waals surface area contributed by atoms with Gasteiger partial charge in [0.2, 0.25) is 0 Å². The highest BCUT2D eigenvalue weighted by Gasteiger charge is 2.18. The molecule has 5 heteroatoms. The first-order chi connectivity index (χ1) is 7.59. The number of halogens is 2. The summed E-state index contributed by atoms with van der Waals surface area (Å²) in [6.07, 6.45) is -0.690. The smallest absolute Gasteiger partial charge is 0.117 e. The number of thiophene rings is 1. The Morgan fingerprint density at radius 1 is 1.19 bits per heavy atom. The number of benzene rings is 1. The Labute approximate surface area is 114 Å². The van der Waals surface area contributed by atoms with Crippen LogP contribution in [0.15, 0.2) is 38.6 Å². The molecule has 0 saturated heterocycles. The van der Waals surface area contributed by atoms with E-state index in [0.29, 0.717) is 8.95 Å². The highest BCUT2D eigenvalue weighted by molar-refractivity contribution is 9.11. The lowest BCUT2D eigenvalue weighted by Crippen LogP contribution is -1.99. The lowest BCUT2D eigenvalue weighted by molar-refractivity contribution is 0.222. The second kappa shape index (κ2) is 4.87. The van der Waals surface area contributed by atoms with Gasteiger partial charge >= 0.3 is 0 Å². The quantitative estimate of drug-likeness (QED) is 0.844. The SMILES string of the molecule is Oc1cc(Br)c(C(O)c2cccs2)c(Br)c1. The van der Waals surface area contributed by atoms with Crippen molar-refractivity contribution in [1.29, 1.82) is 0 Å². The summed E-state index contributed by atoms with van der Waals surface area (Å²) in [7, 11) is 0. The molecule has 0 aliphatic heterocycles. The van der Waals surface area contributed by atoms with Crippen LogP contribution in [0.2, 0.25) is 0 Å². The van der Waals surface area contributed by atoms with Gasteiger partial charge in [-0.3, -0.25) is 0 Å². The van der Waals surface area contributed by atoms with Gasteiger partial charge in [-0.25, -0.2) is 0 Å². The molecular weight excluding hydrogens is 356 g/mol. The maximum atomic E-state index is 10.2. The van der Waals surface area contributed by atoms with Crippen molar-refractivity contribution < 1.29 is 10.2 Å². The standard InChI is InChI=1S/C11H8Br2O2S/c12-7-4-6(14)5-8(13)10(7)11(15)9-2-1-3-16-9/h1-5,11,14-15H. The van der Waals surface area contributed by atoms with Crippen molar-refractivity contribution >= 4 is 43.2 Å². The van der Waals surface area contributed by atoms with Crippen LogP contribution in [0, 0.1) is 0 Å². The highest BCUT2D eigenvalue weighted by Crippen LogP contribution is 2.38. The van der Waals surface area contributed by atoms with E-state index < -0.39 is 6.10 Å². The van der Waals surface area contributed by atoms with Crippen LogP contribution >= 0.6 is 43.2 Å². The predicted octanol–water partition coefficient (Wildman–Crippen LogP) is 4.06. The van der Waals surface area contributed by atoms with Gasteiger partial charge in [0.1, 0.15) is 11.9 Å². The Hall–Kier alpha value is -0.360. The summed E-state index contributed by atoms with van der Waals surface area (Å²) in [4.78, 5) is 0.868. The normalized spacial score (nSPS) is 12.7. The molecule has 16 heavy (non-hydrogen) atoms. The lowest BCUT2D eigenvalue weighted by atomic mass is 10.1. The molecule has 2 nitrogen and oxygen atoms in total. The van der Waals surface area contributed by atoms with Gasteiger partial charge in [-0.1, -0.05) is 37.9 Å². The predicted molar refractivity (Wildman–Crippen MR) is 71.9 cm³/mol. The van der Waals surface area contributed by atoms with Crippen LogP contribution in [-0.4, -0.2) is 10.2 Å². The summed E-state index contributed by atoms with van der Waals surface area (Å²) < 4.78 is 1.36. The van der Waals surface area contributed by atoms with Gasteiger partial charge in [-0.15, -0.1) is 11.3 Å². The van der Waals surface area contributed by atoms with Crippen LogP contribution in [0.3, 0.4) is 0 Å². The number of hydrogen-bond acceptors (Lipinski definition) is 3. The molecular formula is C11H8Br2O2S. The van der Waals surface area contributed by atoms with E-state index in [2.05, 4.69) is 31.9 Å². The summed E-state index contributed by atoms with van der Waals surface area (Å²) in [6.45, 7) is 0. The van der Waals surface area contributed by atoms with Crippen molar-refractivity contribution in [1.82, 2.24) is 0 Å². The summed E-state index contributed by atoms with van der Waals surface area (Å²) in [6, 6.07) is 6.90. The van der Waals surface area contributed by atoms with E-state index in [-0.39, 0.29) is 5.75 Å². The molecule has 84 valence electrons. The molecule has 2 aromatic rings. The zero-order valence-electron chi connectivity index (χ0n) is 8.02. The van der Waals surface area contributed by atoms with Crippen molar-refractivity contribution in [3.05, 3.63) is 49.0 Å². The van der Waals surface area contributed by atoms with E-state index in [1.807, 2.05) is 17.5 Å². The molecule has 0 spiro atoms. The molecule has 0 amide bonds. The highest BCUT2D eigenvalue weighted by atomic mass is 79.9. The third kappa shape index (κ3) is 2.32. The minimum Gasteiger partial charge on any atom is -0.508 e. The third-order valence-electron chi connectivity index (χ3n) is 2.15. The van der Waals surface area contributed by atoms with Crippen LogP contribution in [0.4, 0.5) is 0 Å². The summed E-state index contributed by atoms with van der Waals surface area (Å²) in [5.74, 6) is 0.154. The molecule has 0 aliphatic carbocycles. The number of rotatable bonds is 2. The minimum absolute atomic E-state index is 0.154. The zero-order valence-corrected chi connectivity index (χ0v) is 12.0. The maximum Gasteiger partial charge on any atom is 0.117 e.